The number of carbonyl (C=O) groups is 1. The zero-order valence-electron chi connectivity index (χ0n) is 13.2. The first-order chi connectivity index (χ1) is 11.6. The van der Waals surface area contributed by atoms with E-state index in [0.29, 0.717) is 23.5 Å². The summed E-state index contributed by atoms with van der Waals surface area (Å²) in [5.41, 5.74) is 7.68. The minimum absolute atomic E-state index is 0.336. The lowest BCUT2D eigenvalue weighted by atomic mass is 10.1. The van der Waals surface area contributed by atoms with E-state index in [9.17, 15) is 9.59 Å². The number of amides is 1. The van der Waals surface area contributed by atoms with Gasteiger partial charge in [0, 0.05) is 23.1 Å². The Kier molecular flexibility index (Phi) is 4.33. The minimum Gasteiger partial charge on any atom is -0.489 e. The first-order valence-electron chi connectivity index (χ1n) is 7.65. The number of nitrogens with two attached hydrogens (primary N) is 1. The van der Waals surface area contributed by atoms with Crippen molar-refractivity contribution in [1.82, 2.24) is 0 Å². The fraction of sp³-hybridized carbons (Fsp3) is 0.158. The Morgan fingerprint density at radius 3 is 2.54 bits per heavy atom. The van der Waals surface area contributed by atoms with Gasteiger partial charge in [-0.1, -0.05) is 19.1 Å². The number of carbonyl (C=O) groups excluding carboxylic acids is 1. The van der Waals surface area contributed by atoms with E-state index in [0.717, 1.165) is 22.9 Å². The molecule has 0 saturated carbocycles. The molecule has 0 aliphatic rings. The summed E-state index contributed by atoms with van der Waals surface area (Å²) >= 11 is 0. The van der Waals surface area contributed by atoms with Crippen molar-refractivity contribution < 1.29 is 13.9 Å². The fourth-order valence-electron chi connectivity index (χ4n) is 2.52. The maximum Gasteiger partial charge on any atom is 0.336 e. The van der Waals surface area contributed by atoms with Crippen LogP contribution in [0.4, 0.5) is 0 Å². The maximum atomic E-state index is 11.6. The van der Waals surface area contributed by atoms with Crippen LogP contribution in [0.15, 0.2) is 57.7 Å². The summed E-state index contributed by atoms with van der Waals surface area (Å²) in [7, 11) is 0. The fourth-order valence-corrected chi connectivity index (χ4v) is 2.52. The molecule has 0 bridgehead atoms. The third-order valence-electron chi connectivity index (χ3n) is 3.83. The monoisotopic (exact) mass is 323 g/mol. The van der Waals surface area contributed by atoms with Crippen LogP contribution >= 0.6 is 0 Å². The number of ether oxygens (including phenoxy) is 1. The summed E-state index contributed by atoms with van der Waals surface area (Å²) in [5, 5.41) is 0.912. The van der Waals surface area contributed by atoms with Crippen molar-refractivity contribution in [2.45, 2.75) is 20.0 Å². The highest BCUT2D eigenvalue weighted by molar-refractivity contribution is 5.92. The predicted molar refractivity (Wildman–Crippen MR) is 91.2 cm³/mol. The molecule has 0 radical (unpaired) electrons. The normalized spacial score (nSPS) is 10.7. The number of aryl methyl sites for hydroxylation is 1. The molecule has 1 aromatic heterocycles. The van der Waals surface area contributed by atoms with Gasteiger partial charge in [0.15, 0.2) is 0 Å². The van der Waals surface area contributed by atoms with Crippen LogP contribution in [0.2, 0.25) is 0 Å². The molecule has 1 heterocycles. The van der Waals surface area contributed by atoms with Gasteiger partial charge in [-0.05, 0) is 41.8 Å². The van der Waals surface area contributed by atoms with E-state index in [1.807, 2.05) is 19.1 Å². The average molecular weight is 323 g/mol. The van der Waals surface area contributed by atoms with Crippen LogP contribution < -0.4 is 16.1 Å². The van der Waals surface area contributed by atoms with Gasteiger partial charge in [-0.25, -0.2) is 4.79 Å². The summed E-state index contributed by atoms with van der Waals surface area (Å²) < 4.78 is 11.0. The standard InChI is InChI=1S/C19H17NO4/c1-2-13-9-18(21)24-17-10-15(7-8-16(13)17)23-11-12-3-5-14(6-4-12)19(20)22/h3-10H,2,11H2,1H3,(H2,20,22). The smallest absolute Gasteiger partial charge is 0.336 e. The van der Waals surface area contributed by atoms with Crippen molar-refractivity contribution >= 4 is 16.9 Å². The number of hydrogen-bond acceptors (Lipinski definition) is 4. The van der Waals surface area contributed by atoms with Crippen LogP contribution in [0.5, 0.6) is 5.75 Å². The lowest BCUT2D eigenvalue weighted by Gasteiger charge is -2.08. The molecule has 2 aromatic carbocycles. The van der Waals surface area contributed by atoms with Gasteiger partial charge < -0.3 is 14.9 Å². The first-order valence-corrected chi connectivity index (χ1v) is 7.65. The SMILES string of the molecule is CCc1cc(=O)oc2cc(OCc3ccc(C(N)=O)cc3)ccc12. The summed E-state index contributed by atoms with van der Waals surface area (Å²) in [4.78, 5) is 22.6. The number of benzene rings is 2. The Bertz CT molecular complexity index is 942. The van der Waals surface area contributed by atoms with Crippen LogP contribution in [0.1, 0.15) is 28.4 Å². The van der Waals surface area contributed by atoms with E-state index in [1.165, 1.54) is 6.07 Å². The average Bonchev–Trinajstić information content (AvgIpc) is 2.59. The second-order valence-corrected chi connectivity index (χ2v) is 5.45. The summed E-state index contributed by atoms with van der Waals surface area (Å²) in [6.45, 7) is 2.33. The van der Waals surface area contributed by atoms with Gasteiger partial charge in [0.2, 0.25) is 5.91 Å². The molecule has 1 amide bonds. The molecule has 5 heteroatoms. The molecule has 3 rings (SSSR count). The van der Waals surface area contributed by atoms with E-state index in [-0.39, 0.29) is 5.63 Å². The highest BCUT2D eigenvalue weighted by atomic mass is 16.5. The molecule has 122 valence electrons. The molecular weight excluding hydrogens is 306 g/mol. The van der Waals surface area contributed by atoms with Gasteiger partial charge in [0.1, 0.15) is 17.9 Å². The molecule has 24 heavy (non-hydrogen) atoms. The van der Waals surface area contributed by atoms with Gasteiger partial charge >= 0.3 is 5.63 Å². The van der Waals surface area contributed by atoms with Gasteiger partial charge in [-0.15, -0.1) is 0 Å². The summed E-state index contributed by atoms with van der Waals surface area (Å²) in [6.07, 6.45) is 0.758. The Hall–Kier alpha value is -3.08. The molecule has 0 spiro atoms. The van der Waals surface area contributed by atoms with Crippen molar-refractivity contribution in [3.63, 3.8) is 0 Å². The molecule has 0 atom stereocenters. The molecule has 2 N–H and O–H groups in total. The molecule has 0 saturated heterocycles. The largest absolute Gasteiger partial charge is 0.489 e. The number of primary amides is 1. The number of rotatable bonds is 5. The second kappa shape index (κ2) is 6.58. The van der Waals surface area contributed by atoms with E-state index < -0.39 is 5.91 Å². The third-order valence-corrected chi connectivity index (χ3v) is 3.83. The zero-order chi connectivity index (χ0) is 17.1. The van der Waals surface area contributed by atoms with Crippen molar-refractivity contribution in [2.24, 2.45) is 5.73 Å². The Morgan fingerprint density at radius 1 is 1.12 bits per heavy atom. The maximum absolute atomic E-state index is 11.6. The van der Waals surface area contributed by atoms with Crippen molar-refractivity contribution in [3.8, 4) is 5.75 Å². The summed E-state index contributed by atoms with van der Waals surface area (Å²) in [5.74, 6) is 0.150. The van der Waals surface area contributed by atoms with E-state index in [2.05, 4.69) is 0 Å². The van der Waals surface area contributed by atoms with Crippen molar-refractivity contribution in [1.29, 1.82) is 0 Å². The van der Waals surface area contributed by atoms with E-state index in [1.54, 1.807) is 30.3 Å². The predicted octanol–water partition coefficient (Wildman–Crippen LogP) is 3.03. The molecular formula is C19H17NO4. The highest BCUT2D eigenvalue weighted by Crippen LogP contribution is 2.23. The van der Waals surface area contributed by atoms with Crippen LogP contribution in [0.3, 0.4) is 0 Å². The molecule has 0 unspecified atom stereocenters. The molecule has 0 aliphatic carbocycles. The molecule has 0 aliphatic heterocycles. The van der Waals surface area contributed by atoms with Crippen LogP contribution in [-0.2, 0) is 13.0 Å². The van der Waals surface area contributed by atoms with Gasteiger partial charge in [0.25, 0.3) is 0 Å². The quantitative estimate of drug-likeness (QED) is 0.732. The Labute approximate surface area is 138 Å². The van der Waals surface area contributed by atoms with Gasteiger partial charge in [-0.3, -0.25) is 4.79 Å². The van der Waals surface area contributed by atoms with Gasteiger partial charge in [0.05, 0.1) is 0 Å². The summed E-state index contributed by atoms with van der Waals surface area (Å²) in [6, 6.07) is 13.9. The topological polar surface area (TPSA) is 82.5 Å². The first kappa shape index (κ1) is 15.8. The Morgan fingerprint density at radius 2 is 1.88 bits per heavy atom. The molecule has 0 fully saturated rings. The van der Waals surface area contributed by atoms with Crippen LogP contribution in [0, 0.1) is 0 Å². The van der Waals surface area contributed by atoms with E-state index in [4.69, 9.17) is 14.9 Å². The van der Waals surface area contributed by atoms with Crippen LogP contribution in [0.25, 0.3) is 11.0 Å². The highest BCUT2D eigenvalue weighted by Gasteiger charge is 2.06. The lowest BCUT2D eigenvalue weighted by Crippen LogP contribution is -2.10. The third kappa shape index (κ3) is 3.30. The van der Waals surface area contributed by atoms with Crippen molar-refractivity contribution in [2.75, 3.05) is 0 Å². The number of hydrogen-bond donors (Lipinski definition) is 1. The molecule has 3 aromatic rings. The van der Waals surface area contributed by atoms with Crippen LogP contribution in [-0.4, -0.2) is 5.91 Å². The zero-order valence-corrected chi connectivity index (χ0v) is 13.2. The lowest BCUT2D eigenvalue weighted by molar-refractivity contribution is 0.1000. The Balaban J connectivity index is 1.80. The van der Waals surface area contributed by atoms with E-state index >= 15 is 0 Å². The van der Waals surface area contributed by atoms with Crippen molar-refractivity contribution in [3.05, 3.63) is 75.6 Å². The van der Waals surface area contributed by atoms with Gasteiger partial charge in [-0.2, -0.15) is 0 Å². The minimum atomic E-state index is -0.459. The second-order valence-electron chi connectivity index (χ2n) is 5.45. The number of fused-ring (bicyclic) bond motifs is 1. The molecule has 5 nitrogen and oxygen atoms in total.